The predicted octanol–water partition coefficient (Wildman–Crippen LogP) is 5.38. The van der Waals surface area contributed by atoms with E-state index in [1.807, 2.05) is 0 Å². The number of carbonyl (C=O) groups is 2. The van der Waals surface area contributed by atoms with Gasteiger partial charge in [0.2, 0.25) is 5.91 Å². The van der Waals surface area contributed by atoms with Gasteiger partial charge in [0.15, 0.2) is 11.6 Å². The van der Waals surface area contributed by atoms with E-state index in [1.165, 1.54) is 55.9 Å². The Labute approximate surface area is 216 Å². The largest absolute Gasteiger partial charge is 0.326 e. The van der Waals surface area contributed by atoms with E-state index in [0.717, 1.165) is 11.0 Å². The van der Waals surface area contributed by atoms with Gasteiger partial charge in [0.05, 0.1) is 11.4 Å². The summed E-state index contributed by atoms with van der Waals surface area (Å²) in [6, 6.07) is 6.82. The molecule has 0 aliphatic carbocycles. The van der Waals surface area contributed by atoms with Crippen molar-refractivity contribution in [3.63, 3.8) is 0 Å². The molecule has 7 nitrogen and oxygen atoms in total. The molecule has 37 heavy (non-hydrogen) atoms. The maximum absolute atomic E-state index is 15.3. The molecule has 4 rings (SSSR count). The second-order valence-electron chi connectivity index (χ2n) is 9.05. The highest BCUT2D eigenvalue weighted by molar-refractivity contribution is 7.70. The zero-order chi connectivity index (χ0) is 27.1. The quantitative estimate of drug-likeness (QED) is 0.417. The van der Waals surface area contributed by atoms with Crippen molar-refractivity contribution < 1.29 is 27.3 Å². The summed E-state index contributed by atoms with van der Waals surface area (Å²) in [5.74, 6) is -3.89. The summed E-state index contributed by atoms with van der Waals surface area (Å²) in [7, 11) is -2.90. The summed E-state index contributed by atoms with van der Waals surface area (Å²) < 4.78 is 57.2. The number of benzene rings is 2. The zero-order valence-electron chi connectivity index (χ0n) is 20.1. The van der Waals surface area contributed by atoms with Crippen molar-refractivity contribution in [3.8, 4) is 11.1 Å². The Bertz CT molecular complexity index is 1450. The second kappa shape index (κ2) is 10.2. The van der Waals surface area contributed by atoms with E-state index >= 15 is 8.78 Å². The minimum absolute atomic E-state index is 0.111. The number of hydrogen-bond acceptors (Lipinski definition) is 4. The first-order chi connectivity index (χ1) is 17.4. The molecule has 0 bridgehead atoms. The Hall–Kier alpha value is -3.36. The fraction of sp³-hybridized carbons (Fsp3) is 0.240. The third-order valence-corrected chi connectivity index (χ3v) is 7.56. The average molecular weight is 551 g/mol. The normalized spacial score (nSPS) is 17.7. The SMILES string of the molecule is CC1C[C@@H](NC(=O)Nc2ccc(Cl)cc2F)C(=O)N1c1ccc(-c2cccnc2P(C)(C)=O)c(F)c1F. The molecule has 1 aromatic heterocycles. The van der Waals surface area contributed by atoms with Crippen LogP contribution in [0.25, 0.3) is 11.1 Å². The molecule has 1 fully saturated rings. The Morgan fingerprint density at radius 2 is 1.84 bits per heavy atom. The molecule has 1 unspecified atom stereocenters. The monoisotopic (exact) mass is 550 g/mol. The molecule has 1 aliphatic heterocycles. The van der Waals surface area contributed by atoms with Gasteiger partial charge in [-0.25, -0.2) is 18.0 Å². The number of nitrogens with zero attached hydrogens (tertiary/aromatic N) is 2. The van der Waals surface area contributed by atoms with Crippen LogP contribution in [0.2, 0.25) is 5.02 Å². The van der Waals surface area contributed by atoms with Crippen molar-refractivity contribution in [2.24, 2.45) is 0 Å². The van der Waals surface area contributed by atoms with Crippen LogP contribution in [0, 0.1) is 17.5 Å². The molecule has 0 saturated carbocycles. The summed E-state index contributed by atoms with van der Waals surface area (Å²) in [6.45, 7) is 4.60. The van der Waals surface area contributed by atoms with E-state index in [0.29, 0.717) is 0 Å². The fourth-order valence-corrected chi connectivity index (χ4v) is 5.57. The average Bonchev–Trinajstić information content (AvgIpc) is 3.09. The first-order valence-electron chi connectivity index (χ1n) is 11.2. The molecule has 0 radical (unpaired) electrons. The zero-order valence-corrected chi connectivity index (χ0v) is 21.7. The van der Waals surface area contributed by atoms with E-state index in [2.05, 4.69) is 15.6 Å². The second-order valence-corrected chi connectivity index (χ2v) is 12.6. The van der Waals surface area contributed by atoms with Crippen LogP contribution in [0.15, 0.2) is 48.7 Å². The number of halogens is 4. The van der Waals surface area contributed by atoms with Crippen LogP contribution in [0.4, 0.5) is 29.3 Å². The Morgan fingerprint density at radius 3 is 2.51 bits per heavy atom. The van der Waals surface area contributed by atoms with Gasteiger partial charge >= 0.3 is 6.03 Å². The van der Waals surface area contributed by atoms with E-state index in [4.69, 9.17) is 11.6 Å². The van der Waals surface area contributed by atoms with Gasteiger partial charge in [-0.2, -0.15) is 0 Å². The van der Waals surface area contributed by atoms with Gasteiger partial charge in [-0.05, 0) is 63.1 Å². The smallest absolute Gasteiger partial charge is 0.319 e. The number of aromatic nitrogens is 1. The number of urea groups is 1. The minimum atomic E-state index is -2.90. The highest BCUT2D eigenvalue weighted by Gasteiger charge is 2.40. The third kappa shape index (κ3) is 5.36. The summed E-state index contributed by atoms with van der Waals surface area (Å²) in [5.41, 5.74) is -0.204. The predicted molar refractivity (Wildman–Crippen MR) is 138 cm³/mol. The Balaban J connectivity index is 1.57. The molecule has 2 heterocycles. The summed E-state index contributed by atoms with van der Waals surface area (Å²) in [5, 5.41) is 4.90. The number of anilines is 2. The molecular formula is C25H23ClF3N4O3P. The van der Waals surface area contributed by atoms with Crippen LogP contribution in [-0.4, -0.2) is 42.3 Å². The lowest BCUT2D eigenvalue weighted by Crippen LogP contribution is -2.44. The van der Waals surface area contributed by atoms with Gasteiger partial charge in [0.25, 0.3) is 0 Å². The molecule has 2 N–H and O–H groups in total. The van der Waals surface area contributed by atoms with Gasteiger partial charge in [0.1, 0.15) is 24.4 Å². The lowest BCUT2D eigenvalue weighted by molar-refractivity contribution is -0.118. The standard InChI is InChI=1S/C25H23ClF3N4O3P/c1-13-11-19(32-25(35)31-18-8-6-14(26)12-17(18)27)24(34)33(13)20-9-7-15(21(28)22(20)29)16-5-4-10-30-23(16)37(2,3)36/h4-10,12-13,19H,11H2,1-3H3,(H2,31,32,35)/t13?,19-/m1/s1. The number of nitrogens with one attached hydrogen (secondary N) is 2. The van der Waals surface area contributed by atoms with Crippen molar-refractivity contribution in [2.75, 3.05) is 23.5 Å². The Kier molecular flexibility index (Phi) is 7.35. The van der Waals surface area contributed by atoms with Crippen molar-refractivity contribution in [2.45, 2.75) is 25.4 Å². The first kappa shape index (κ1) is 26.7. The minimum Gasteiger partial charge on any atom is -0.326 e. The summed E-state index contributed by atoms with van der Waals surface area (Å²) >= 11 is 5.70. The molecule has 3 aromatic rings. The number of rotatable bonds is 5. The lowest BCUT2D eigenvalue weighted by Gasteiger charge is -2.23. The number of amides is 3. The molecule has 2 aromatic carbocycles. The first-order valence-corrected chi connectivity index (χ1v) is 14.2. The van der Waals surface area contributed by atoms with Crippen LogP contribution >= 0.6 is 18.7 Å². The van der Waals surface area contributed by atoms with Gasteiger partial charge in [-0.1, -0.05) is 17.7 Å². The molecule has 194 valence electrons. The highest BCUT2D eigenvalue weighted by Crippen LogP contribution is 2.40. The van der Waals surface area contributed by atoms with E-state index in [-0.39, 0.29) is 39.4 Å². The number of pyridine rings is 1. The van der Waals surface area contributed by atoms with Gasteiger partial charge in [-0.3, -0.25) is 9.78 Å². The summed E-state index contributed by atoms with van der Waals surface area (Å²) in [6.07, 6.45) is 1.54. The maximum atomic E-state index is 15.3. The van der Waals surface area contributed by atoms with Crippen LogP contribution in [0.3, 0.4) is 0 Å². The van der Waals surface area contributed by atoms with Crippen molar-refractivity contribution in [3.05, 3.63) is 71.1 Å². The van der Waals surface area contributed by atoms with Crippen LogP contribution < -0.4 is 21.0 Å². The highest BCUT2D eigenvalue weighted by atomic mass is 35.5. The van der Waals surface area contributed by atoms with Crippen molar-refractivity contribution >= 4 is 47.5 Å². The van der Waals surface area contributed by atoms with Crippen molar-refractivity contribution in [1.29, 1.82) is 0 Å². The van der Waals surface area contributed by atoms with Gasteiger partial charge in [-0.15, -0.1) is 0 Å². The Morgan fingerprint density at radius 1 is 1.11 bits per heavy atom. The van der Waals surface area contributed by atoms with Crippen molar-refractivity contribution in [1.82, 2.24) is 10.3 Å². The van der Waals surface area contributed by atoms with Crippen LogP contribution in [0.1, 0.15) is 13.3 Å². The molecule has 3 amide bonds. The van der Waals surface area contributed by atoms with Crippen LogP contribution in [-0.2, 0) is 9.36 Å². The van der Waals surface area contributed by atoms with E-state index in [9.17, 15) is 18.5 Å². The number of carbonyl (C=O) groups excluding carboxylic acids is 2. The topological polar surface area (TPSA) is 91.4 Å². The molecule has 0 spiro atoms. The molecule has 2 atom stereocenters. The molecule has 12 heteroatoms. The van der Waals surface area contributed by atoms with E-state index < -0.39 is 48.6 Å². The molecule has 1 saturated heterocycles. The van der Waals surface area contributed by atoms with E-state index in [1.54, 1.807) is 6.92 Å². The summed E-state index contributed by atoms with van der Waals surface area (Å²) in [4.78, 5) is 30.6. The van der Waals surface area contributed by atoms with Gasteiger partial charge < -0.3 is 20.1 Å². The molecule has 1 aliphatic rings. The fourth-order valence-electron chi connectivity index (χ4n) is 4.29. The molecular weight excluding hydrogens is 528 g/mol. The number of hydrogen-bond donors (Lipinski definition) is 2. The third-order valence-electron chi connectivity index (χ3n) is 5.95. The lowest BCUT2D eigenvalue weighted by atomic mass is 10.1. The van der Waals surface area contributed by atoms with Crippen LogP contribution in [0.5, 0.6) is 0 Å². The maximum Gasteiger partial charge on any atom is 0.319 e. The van der Waals surface area contributed by atoms with Gasteiger partial charge in [0, 0.05) is 28.4 Å².